The Morgan fingerprint density at radius 2 is 2.08 bits per heavy atom. The van der Waals surface area contributed by atoms with Crippen LogP contribution in [0.5, 0.6) is 0 Å². The second-order valence-corrected chi connectivity index (χ2v) is 7.08. The zero-order valence-corrected chi connectivity index (χ0v) is 14.2. The van der Waals surface area contributed by atoms with Crippen LogP contribution in [0.25, 0.3) is 0 Å². The highest BCUT2D eigenvalue weighted by molar-refractivity contribution is 6.61. The number of hydrogen-bond donors (Lipinski definition) is 1. The lowest BCUT2D eigenvalue weighted by Crippen LogP contribution is -2.29. The summed E-state index contributed by atoms with van der Waals surface area (Å²) in [5.74, 6) is 0.569. The van der Waals surface area contributed by atoms with Crippen molar-refractivity contribution < 1.29 is 14.5 Å². The first kappa shape index (κ1) is 16.5. The predicted octanol–water partition coefficient (Wildman–Crippen LogP) is 2.00. The molecule has 0 aromatic heterocycles. The van der Waals surface area contributed by atoms with E-state index in [0.29, 0.717) is 24.5 Å². The summed E-state index contributed by atoms with van der Waals surface area (Å²) in [6.07, 6.45) is 1.64. The lowest BCUT2D eigenvalue weighted by atomic mass is 9.78. The topological polar surface area (TPSA) is 49.8 Å². The summed E-state index contributed by atoms with van der Waals surface area (Å²) in [5.41, 5.74) is 3.72. The van der Waals surface area contributed by atoms with E-state index in [0.717, 1.165) is 37.1 Å². The van der Waals surface area contributed by atoms with Gasteiger partial charge in [-0.15, -0.1) is 0 Å². The third-order valence-corrected chi connectivity index (χ3v) is 5.22. The molecule has 1 atom stereocenters. The van der Waals surface area contributed by atoms with E-state index in [9.17, 15) is 9.82 Å². The molecule has 2 aromatic rings. The molecule has 25 heavy (non-hydrogen) atoms. The van der Waals surface area contributed by atoms with Crippen LogP contribution in [0.1, 0.15) is 34.3 Å². The summed E-state index contributed by atoms with van der Waals surface area (Å²) >= 11 is 0. The van der Waals surface area contributed by atoms with Gasteiger partial charge in [-0.05, 0) is 35.5 Å². The van der Waals surface area contributed by atoms with Gasteiger partial charge in [0, 0.05) is 25.1 Å². The van der Waals surface area contributed by atoms with Crippen LogP contribution in [0.4, 0.5) is 0 Å². The number of fused-ring (bicyclic) bond motifs is 1. The second-order valence-electron chi connectivity index (χ2n) is 7.08. The largest absolute Gasteiger partial charge is 0.491 e. The lowest BCUT2D eigenvalue weighted by Gasteiger charge is -2.16. The normalized spacial score (nSPS) is 20.0. The molecule has 0 aliphatic carbocycles. The Hall–Kier alpha value is -1.95. The maximum absolute atomic E-state index is 12.6. The highest BCUT2D eigenvalue weighted by Gasteiger charge is 2.29. The summed E-state index contributed by atoms with van der Waals surface area (Å²) in [5, 5.41) is 9.81. The Labute approximate surface area is 148 Å². The molecular weight excluding hydrogens is 313 g/mol. The molecule has 1 N–H and O–H groups in total. The van der Waals surface area contributed by atoms with Crippen molar-refractivity contribution in [1.82, 2.24) is 4.90 Å². The van der Waals surface area contributed by atoms with Gasteiger partial charge in [-0.2, -0.15) is 0 Å². The third kappa shape index (κ3) is 3.69. The number of carbonyl (C=O) groups excluding carboxylic acids is 1. The highest BCUT2D eigenvalue weighted by Crippen LogP contribution is 2.23. The van der Waals surface area contributed by atoms with E-state index in [1.54, 1.807) is 6.07 Å². The highest BCUT2D eigenvalue weighted by atomic mass is 16.5. The zero-order valence-electron chi connectivity index (χ0n) is 14.2. The van der Waals surface area contributed by atoms with Crippen molar-refractivity contribution in [3.05, 3.63) is 65.2 Å². The zero-order chi connectivity index (χ0) is 17.2. The number of Topliss-reactive ketones (excluding diaryl/α,β-unsaturated/α-hetero) is 1. The molecule has 128 valence electrons. The molecule has 2 heterocycles. The summed E-state index contributed by atoms with van der Waals surface area (Å²) in [4.78, 5) is 15.1. The molecule has 5 heteroatoms. The first-order valence-electron chi connectivity index (χ1n) is 8.91. The van der Waals surface area contributed by atoms with Gasteiger partial charge in [-0.25, -0.2) is 0 Å². The number of hydrogen-bond acceptors (Lipinski definition) is 4. The van der Waals surface area contributed by atoms with E-state index in [2.05, 4.69) is 29.2 Å². The first-order chi connectivity index (χ1) is 12.2. The van der Waals surface area contributed by atoms with Crippen LogP contribution in [-0.4, -0.2) is 35.9 Å². The van der Waals surface area contributed by atoms with Crippen LogP contribution < -0.4 is 5.46 Å². The van der Waals surface area contributed by atoms with Crippen LogP contribution >= 0.6 is 0 Å². The van der Waals surface area contributed by atoms with Crippen molar-refractivity contribution in [3.8, 4) is 0 Å². The van der Waals surface area contributed by atoms with Gasteiger partial charge in [0.2, 0.25) is 0 Å². The van der Waals surface area contributed by atoms with Crippen LogP contribution in [0.3, 0.4) is 0 Å². The summed E-state index contributed by atoms with van der Waals surface area (Å²) < 4.78 is 5.20. The van der Waals surface area contributed by atoms with Gasteiger partial charge >= 0.3 is 7.12 Å². The molecule has 1 unspecified atom stereocenters. The standard InChI is InChI=1S/C20H22BNO3/c23-20(17-6-7-18-14-25-21(24)19(18)11-17)10-16-8-9-22(13-16)12-15-4-2-1-3-5-15/h1-7,11,16,24H,8-10,12-14H2. The van der Waals surface area contributed by atoms with Crippen molar-refractivity contribution in [1.29, 1.82) is 0 Å². The van der Waals surface area contributed by atoms with E-state index in [1.165, 1.54) is 5.56 Å². The minimum Gasteiger partial charge on any atom is -0.423 e. The Bertz CT molecular complexity index is 765. The van der Waals surface area contributed by atoms with Crippen LogP contribution in [0.15, 0.2) is 48.5 Å². The maximum atomic E-state index is 12.6. The fraction of sp³-hybridized carbons (Fsp3) is 0.350. The van der Waals surface area contributed by atoms with Gasteiger partial charge in [0.25, 0.3) is 0 Å². The molecule has 2 aliphatic heterocycles. The molecule has 0 amide bonds. The fourth-order valence-electron chi connectivity index (χ4n) is 3.83. The monoisotopic (exact) mass is 335 g/mol. The van der Waals surface area contributed by atoms with Crippen molar-refractivity contribution in [3.63, 3.8) is 0 Å². The molecule has 2 aromatic carbocycles. The third-order valence-electron chi connectivity index (χ3n) is 5.22. The molecule has 2 aliphatic rings. The summed E-state index contributed by atoms with van der Waals surface area (Å²) in [7, 11) is -0.893. The molecule has 0 saturated carbocycles. The average Bonchev–Trinajstić information content (AvgIpc) is 3.22. The molecular formula is C20H22BNO3. The van der Waals surface area contributed by atoms with E-state index in [-0.39, 0.29) is 5.78 Å². The van der Waals surface area contributed by atoms with Gasteiger partial charge in [0.05, 0.1) is 6.61 Å². The molecule has 0 spiro atoms. The number of rotatable bonds is 5. The van der Waals surface area contributed by atoms with E-state index in [1.807, 2.05) is 18.2 Å². The Morgan fingerprint density at radius 3 is 2.92 bits per heavy atom. The quantitative estimate of drug-likeness (QED) is 0.671. The van der Waals surface area contributed by atoms with Crippen LogP contribution in [-0.2, 0) is 17.8 Å². The Morgan fingerprint density at radius 1 is 1.24 bits per heavy atom. The van der Waals surface area contributed by atoms with Gasteiger partial charge < -0.3 is 9.68 Å². The molecule has 1 fully saturated rings. The number of ketones is 1. The van der Waals surface area contributed by atoms with Crippen LogP contribution in [0.2, 0.25) is 0 Å². The van der Waals surface area contributed by atoms with E-state index in [4.69, 9.17) is 4.65 Å². The predicted molar refractivity (Wildman–Crippen MR) is 97.6 cm³/mol. The average molecular weight is 335 g/mol. The Kier molecular flexibility index (Phi) is 4.71. The van der Waals surface area contributed by atoms with E-state index < -0.39 is 7.12 Å². The van der Waals surface area contributed by atoms with Crippen molar-refractivity contribution in [2.45, 2.75) is 26.0 Å². The molecule has 0 radical (unpaired) electrons. The number of benzene rings is 2. The van der Waals surface area contributed by atoms with Crippen molar-refractivity contribution in [2.24, 2.45) is 5.92 Å². The summed E-state index contributed by atoms with van der Waals surface area (Å²) in [6.45, 7) is 3.39. The maximum Gasteiger partial charge on any atom is 0.491 e. The Balaban J connectivity index is 1.35. The molecule has 4 rings (SSSR count). The van der Waals surface area contributed by atoms with Gasteiger partial charge in [-0.1, -0.05) is 48.5 Å². The van der Waals surface area contributed by atoms with Crippen molar-refractivity contribution in [2.75, 3.05) is 13.1 Å². The molecule has 4 nitrogen and oxygen atoms in total. The van der Waals surface area contributed by atoms with E-state index >= 15 is 0 Å². The summed E-state index contributed by atoms with van der Waals surface area (Å²) in [6, 6.07) is 16.0. The smallest absolute Gasteiger partial charge is 0.423 e. The SMILES string of the molecule is O=C(CC1CCN(Cc2ccccc2)C1)c1ccc2c(c1)B(O)OC2. The minimum absolute atomic E-state index is 0.161. The number of likely N-dealkylation sites (tertiary alicyclic amines) is 1. The number of nitrogens with zero attached hydrogens (tertiary/aromatic N) is 1. The first-order valence-corrected chi connectivity index (χ1v) is 8.91. The van der Waals surface area contributed by atoms with Crippen molar-refractivity contribution >= 4 is 18.4 Å². The lowest BCUT2D eigenvalue weighted by molar-refractivity contribution is 0.0962. The molecule has 0 bridgehead atoms. The number of carbonyl (C=O) groups is 1. The van der Waals surface area contributed by atoms with Gasteiger partial charge in [-0.3, -0.25) is 9.69 Å². The fourth-order valence-corrected chi connectivity index (χ4v) is 3.83. The molecule has 1 saturated heterocycles. The second kappa shape index (κ2) is 7.12. The van der Waals surface area contributed by atoms with Crippen LogP contribution in [0, 0.1) is 5.92 Å². The minimum atomic E-state index is -0.893. The van der Waals surface area contributed by atoms with Gasteiger partial charge in [0.1, 0.15) is 0 Å². The van der Waals surface area contributed by atoms with Gasteiger partial charge in [0.15, 0.2) is 5.78 Å².